The molecular formula is C17H22N2O4. The highest BCUT2D eigenvalue weighted by Crippen LogP contribution is 2.29. The van der Waals surface area contributed by atoms with Gasteiger partial charge < -0.3 is 9.64 Å². The highest BCUT2D eigenvalue weighted by molar-refractivity contribution is 5.98. The molecule has 1 aromatic carbocycles. The average Bonchev–Trinajstić information content (AvgIpc) is 3.03. The molecule has 124 valence electrons. The van der Waals surface area contributed by atoms with E-state index in [-0.39, 0.29) is 18.1 Å². The van der Waals surface area contributed by atoms with E-state index in [9.17, 15) is 9.59 Å². The van der Waals surface area contributed by atoms with Crippen LogP contribution in [0.25, 0.3) is 0 Å². The number of hydrogen-bond acceptors (Lipinski definition) is 4. The lowest BCUT2D eigenvalue weighted by molar-refractivity contribution is -0.186. The van der Waals surface area contributed by atoms with Gasteiger partial charge in [0.25, 0.3) is 5.91 Å². The third-order valence-electron chi connectivity index (χ3n) is 4.26. The fraction of sp³-hybridized carbons (Fsp3) is 0.529. The molecule has 3 rings (SSSR count). The Labute approximate surface area is 135 Å². The van der Waals surface area contributed by atoms with Gasteiger partial charge in [0.2, 0.25) is 5.91 Å². The Hall–Kier alpha value is -1.92. The van der Waals surface area contributed by atoms with Crippen molar-refractivity contribution < 1.29 is 19.2 Å². The number of benzene rings is 1. The number of carbonyl (C=O) groups is 2. The second-order valence-electron chi connectivity index (χ2n) is 5.84. The van der Waals surface area contributed by atoms with Crippen molar-refractivity contribution in [2.45, 2.75) is 45.3 Å². The van der Waals surface area contributed by atoms with E-state index in [4.69, 9.17) is 9.57 Å². The van der Waals surface area contributed by atoms with Gasteiger partial charge in [-0.15, -0.1) is 0 Å². The molecule has 2 aliphatic rings. The zero-order valence-electron chi connectivity index (χ0n) is 13.3. The van der Waals surface area contributed by atoms with E-state index in [1.54, 1.807) is 11.0 Å². The predicted octanol–water partition coefficient (Wildman–Crippen LogP) is 2.17. The number of nitrogens with one attached hydrogen (secondary N) is 1. The van der Waals surface area contributed by atoms with Gasteiger partial charge in [-0.2, -0.15) is 0 Å². The Morgan fingerprint density at radius 3 is 3.00 bits per heavy atom. The molecule has 2 amide bonds. The van der Waals surface area contributed by atoms with Gasteiger partial charge in [-0.1, -0.05) is 6.92 Å². The summed E-state index contributed by atoms with van der Waals surface area (Å²) in [6, 6.07) is 5.39. The van der Waals surface area contributed by atoms with Crippen molar-refractivity contribution in [3.8, 4) is 0 Å². The maximum atomic E-state index is 12.2. The summed E-state index contributed by atoms with van der Waals surface area (Å²) >= 11 is 0. The monoisotopic (exact) mass is 318 g/mol. The van der Waals surface area contributed by atoms with Crippen molar-refractivity contribution in [3.63, 3.8) is 0 Å². The Morgan fingerprint density at radius 2 is 2.26 bits per heavy atom. The Kier molecular flexibility index (Phi) is 4.93. The predicted molar refractivity (Wildman–Crippen MR) is 84.9 cm³/mol. The molecule has 1 N–H and O–H groups in total. The molecule has 23 heavy (non-hydrogen) atoms. The molecule has 0 saturated carbocycles. The summed E-state index contributed by atoms with van der Waals surface area (Å²) in [4.78, 5) is 31.2. The van der Waals surface area contributed by atoms with Gasteiger partial charge in [0.1, 0.15) is 0 Å². The van der Waals surface area contributed by atoms with E-state index in [0.29, 0.717) is 25.1 Å². The lowest BCUT2D eigenvalue weighted by atomic mass is 10.1. The molecule has 0 bridgehead atoms. The van der Waals surface area contributed by atoms with E-state index >= 15 is 0 Å². The summed E-state index contributed by atoms with van der Waals surface area (Å²) in [6.45, 7) is 3.20. The topological polar surface area (TPSA) is 67.9 Å². The molecule has 0 aliphatic carbocycles. The first-order valence-electron chi connectivity index (χ1n) is 8.20. The van der Waals surface area contributed by atoms with Crippen LogP contribution in [0, 0.1) is 0 Å². The number of nitrogens with zero attached hydrogens (tertiary/aromatic N) is 1. The van der Waals surface area contributed by atoms with Crippen molar-refractivity contribution in [1.29, 1.82) is 0 Å². The molecule has 1 atom stereocenters. The third-order valence-corrected chi connectivity index (χ3v) is 4.26. The third kappa shape index (κ3) is 3.54. The SMILES string of the molecule is CCC(=O)N1CCc2cc(C(=O)NO[C@H]3CCCCO3)ccc21. The summed E-state index contributed by atoms with van der Waals surface area (Å²) in [5.41, 5.74) is 4.92. The minimum absolute atomic E-state index is 0.110. The van der Waals surface area contributed by atoms with E-state index in [2.05, 4.69) is 5.48 Å². The van der Waals surface area contributed by atoms with Crippen LogP contribution in [-0.4, -0.2) is 31.3 Å². The number of hydroxylamine groups is 1. The van der Waals surface area contributed by atoms with Gasteiger partial charge in [-0.05, 0) is 43.0 Å². The normalized spacial score (nSPS) is 20.2. The second kappa shape index (κ2) is 7.10. The van der Waals surface area contributed by atoms with E-state index in [1.807, 2.05) is 19.1 Å². The molecule has 0 spiro atoms. The lowest BCUT2D eigenvalue weighted by Gasteiger charge is -2.22. The van der Waals surface area contributed by atoms with Crippen LogP contribution in [0.15, 0.2) is 18.2 Å². The van der Waals surface area contributed by atoms with Crippen LogP contribution in [0.2, 0.25) is 0 Å². The number of carbonyl (C=O) groups excluding carboxylic acids is 2. The van der Waals surface area contributed by atoms with Gasteiger partial charge in [0.05, 0.1) is 0 Å². The Morgan fingerprint density at radius 1 is 1.39 bits per heavy atom. The second-order valence-corrected chi connectivity index (χ2v) is 5.84. The molecule has 0 radical (unpaired) electrons. The van der Waals surface area contributed by atoms with Crippen molar-refractivity contribution in [1.82, 2.24) is 5.48 Å². The number of rotatable bonds is 4. The van der Waals surface area contributed by atoms with Crippen LogP contribution in [0.5, 0.6) is 0 Å². The van der Waals surface area contributed by atoms with Crippen LogP contribution < -0.4 is 10.4 Å². The maximum absolute atomic E-state index is 12.2. The fourth-order valence-corrected chi connectivity index (χ4v) is 2.98. The number of fused-ring (bicyclic) bond motifs is 1. The molecular weight excluding hydrogens is 296 g/mol. The van der Waals surface area contributed by atoms with Gasteiger partial charge in [0.15, 0.2) is 6.29 Å². The first-order chi connectivity index (χ1) is 11.2. The molecule has 2 heterocycles. The van der Waals surface area contributed by atoms with Gasteiger partial charge >= 0.3 is 0 Å². The molecule has 6 heteroatoms. The standard InChI is InChI=1S/C17H22N2O4/c1-2-15(20)19-9-8-12-11-13(6-7-14(12)19)17(21)18-23-16-5-3-4-10-22-16/h6-7,11,16H,2-5,8-10H2,1H3,(H,18,21)/t16-/m0/s1. The maximum Gasteiger partial charge on any atom is 0.274 e. The Bertz CT molecular complexity index is 596. The largest absolute Gasteiger partial charge is 0.350 e. The van der Waals surface area contributed by atoms with Gasteiger partial charge in [-0.3, -0.25) is 9.59 Å². The van der Waals surface area contributed by atoms with Crippen LogP contribution in [0.4, 0.5) is 5.69 Å². The van der Waals surface area contributed by atoms with Gasteiger partial charge in [0, 0.05) is 37.2 Å². The smallest absolute Gasteiger partial charge is 0.274 e. The van der Waals surface area contributed by atoms with Crippen LogP contribution in [0.1, 0.15) is 48.5 Å². The molecule has 0 unspecified atom stereocenters. The van der Waals surface area contributed by atoms with E-state index in [0.717, 1.165) is 36.9 Å². The van der Waals surface area contributed by atoms with Crippen molar-refractivity contribution in [2.24, 2.45) is 0 Å². The Balaban J connectivity index is 1.62. The minimum Gasteiger partial charge on any atom is -0.350 e. The molecule has 1 aromatic rings. The lowest BCUT2D eigenvalue weighted by Crippen LogP contribution is -2.33. The van der Waals surface area contributed by atoms with E-state index < -0.39 is 0 Å². The summed E-state index contributed by atoms with van der Waals surface area (Å²) in [5, 5.41) is 0. The zero-order chi connectivity index (χ0) is 16.2. The van der Waals surface area contributed by atoms with Crippen LogP contribution >= 0.6 is 0 Å². The van der Waals surface area contributed by atoms with E-state index in [1.165, 1.54) is 0 Å². The molecule has 1 fully saturated rings. The number of amides is 2. The highest BCUT2D eigenvalue weighted by atomic mass is 16.8. The van der Waals surface area contributed by atoms with Crippen molar-refractivity contribution in [3.05, 3.63) is 29.3 Å². The first-order valence-corrected chi connectivity index (χ1v) is 8.20. The zero-order valence-corrected chi connectivity index (χ0v) is 13.3. The summed E-state index contributed by atoms with van der Waals surface area (Å²) < 4.78 is 5.41. The average molecular weight is 318 g/mol. The quantitative estimate of drug-likeness (QED) is 0.864. The highest BCUT2D eigenvalue weighted by Gasteiger charge is 2.24. The van der Waals surface area contributed by atoms with Crippen LogP contribution in [-0.2, 0) is 20.8 Å². The summed E-state index contributed by atoms with van der Waals surface area (Å²) in [7, 11) is 0. The number of ether oxygens (including phenoxy) is 1. The first kappa shape index (κ1) is 16.0. The number of hydrogen-bond donors (Lipinski definition) is 1. The fourth-order valence-electron chi connectivity index (χ4n) is 2.98. The minimum atomic E-state index is -0.361. The molecule has 0 aromatic heterocycles. The van der Waals surface area contributed by atoms with Crippen molar-refractivity contribution in [2.75, 3.05) is 18.1 Å². The van der Waals surface area contributed by atoms with Crippen molar-refractivity contribution >= 4 is 17.5 Å². The molecule has 2 aliphatic heterocycles. The molecule has 1 saturated heterocycles. The summed E-state index contributed by atoms with van der Waals surface area (Å²) in [6.07, 6.45) is 3.76. The van der Waals surface area contributed by atoms with Crippen LogP contribution in [0.3, 0.4) is 0 Å². The molecule has 6 nitrogen and oxygen atoms in total. The number of anilines is 1. The summed E-state index contributed by atoms with van der Waals surface area (Å²) in [5.74, 6) is -0.180. The van der Waals surface area contributed by atoms with Gasteiger partial charge in [-0.25, -0.2) is 10.3 Å².